The Bertz CT molecular complexity index is 1280. The quantitative estimate of drug-likeness (QED) is 0.387. The minimum Gasteiger partial charge on any atom is -0.495 e. The lowest BCUT2D eigenvalue weighted by molar-refractivity contribution is 0.145. The minimum atomic E-state index is 0. The molecule has 38 heavy (non-hydrogen) atoms. The van der Waals surface area contributed by atoms with E-state index in [1.807, 2.05) is 12.1 Å². The van der Waals surface area contributed by atoms with Gasteiger partial charge in [-0.2, -0.15) is 5.26 Å². The van der Waals surface area contributed by atoms with Gasteiger partial charge in [0.1, 0.15) is 11.8 Å². The number of piperazine rings is 1. The normalized spacial score (nSPS) is 13.7. The molecule has 0 spiro atoms. The summed E-state index contributed by atoms with van der Waals surface area (Å²) in [6.07, 6.45) is 2.44. The number of nitriles is 1. The summed E-state index contributed by atoms with van der Waals surface area (Å²) in [7, 11) is 5.27. The third-order valence-corrected chi connectivity index (χ3v) is 6.86. The van der Waals surface area contributed by atoms with Crippen LogP contribution in [-0.2, 0) is 0 Å². The van der Waals surface area contributed by atoms with E-state index >= 15 is 0 Å². The number of hydrogen-bond donors (Lipinski definition) is 1. The maximum absolute atomic E-state index is 9.75. The Hall–Kier alpha value is -3.04. The molecule has 1 fully saturated rings. The molecule has 206 valence electrons. The van der Waals surface area contributed by atoms with Crippen molar-refractivity contribution < 1.29 is 25.2 Å². The number of nitrogens with one attached hydrogen (secondary N) is 1. The van der Waals surface area contributed by atoms with Gasteiger partial charge in [0.15, 0.2) is 11.5 Å². The SMILES string of the molecule is COc1cc(Nc2c(C#N)cnc3cc(OCCCN4CCN(C)CC4)c(OC)cc23)c(Cl)cc1Cl.O.O. The second-order valence-corrected chi connectivity index (χ2v) is 9.43. The second-order valence-electron chi connectivity index (χ2n) is 8.62. The number of pyridine rings is 1. The first kappa shape index (κ1) is 31.2. The highest BCUT2D eigenvalue weighted by Gasteiger charge is 2.17. The molecule has 10 nitrogen and oxygen atoms in total. The first-order valence-electron chi connectivity index (χ1n) is 11.7. The number of ether oxygens (including phenoxy) is 3. The number of rotatable bonds is 9. The number of nitrogens with zero attached hydrogens (tertiary/aromatic N) is 4. The fourth-order valence-corrected chi connectivity index (χ4v) is 4.66. The maximum Gasteiger partial charge on any atom is 0.163 e. The summed E-state index contributed by atoms with van der Waals surface area (Å²) >= 11 is 12.6. The molecule has 1 aliphatic heterocycles. The molecule has 5 N–H and O–H groups in total. The van der Waals surface area contributed by atoms with Gasteiger partial charge in [0.2, 0.25) is 0 Å². The molecule has 4 rings (SSSR count). The highest BCUT2D eigenvalue weighted by molar-refractivity contribution is 6.37. The van der Waals surface area contributed by atoms with Gasteiger partial charge in [-0.05, 0) is 25.6 Å². The predicted molar refractivity (Wildman–Crippen MR) is 151 cm³/mol. The van der Waals surface area contributed by atoms with Crippen LogP contribution in [0.4, 0.5) is 11.4 Å². The van der Waals surface area contributed by atoms with E-state index < -0.39 is 0 Å². The molecule has 0 aliphatic carbocycles. The van der Waals surface area contributed by atoms with E-state index in [9.17, 15) is 5.26 Å². The van der Waals surface area contributed by atoms with Crippen molar-refractivity contribution in [2.24, 2.45) is 0 Å². The highest BCUT2D eigenvalue weighted by atomic mass is 35.5. The van der Waals surface area contributed by atoms with Crippen LogP contribution in [0.15, 0.2) is 30.5 Å². The summed E-state index contributed by atoms with van der Waals surface area (Å²) in [4.78, 5) is 9.28. The Morgan fingerprint density at radius 3 is 2.34 bits per heavy atom. The van der Waals surface area contributed by atoms with Crippen LogP contribution in [0.3, 0.4) is 0 Å². The van der Waals surface area contributed by atoms with Crippen molar-refractivity contribution in [1.82, 2.24) is 14.8 Å². The van der Waals surface area contributed by atoms with Crippen molar-refractivity contribution in [3.63, 3.8) is 0 Å². The number of anilines is 2. The van der Waals surface area contributed by atoms with Crippen LogP contribution in [-0.4, -0.2) is 86.3 Å². The number of methoxy groups -OCH3 is 2. The molecule has 0 radical (unpaired) electrons. The molecule has 0 atom stereocenters. The average molecular weight is 566 g/mol. The number of fused-ring (bicyclic) bond motifs is 1. The average Bonchev–Trinajstić information content (AvgIpc) is 2.88. The lowest BCUT2D eigenvalue weighted by Gasteiger charge is -2.32. The van der Waals surface area contributed by atoms with Gasteiger partial charge in [0, 0.05) is 56.4 Å². The molecule has 3 aromatic rings. The molecule has 1 saturated heterocycles. The van der Waals surface area contributed by atoms with Crippen LogP contribution in [0, 0.1) is 11.3 Å². The molecule has 12 heteroatoms. The fourth-order valence-electron chi connectivity index (χ4n) is 4.15. The van der Waals surface area contributed by atoms with Crippen LogP contribution >= 0.6 is 23.2 Å². The summed E-state index contributed by atoms with van der Waals surface area (Å²) in [6, 6.07) is 9.12. The largest absolute Gasteiger partial charge is 0.495 e. The van der Waals surface area contributed by atoms with Gasteiger partial charge in [-0.3, -0.25) is 4.98 Å². The molecule has 0 bridgehead atoms. The fraction of sp³-hybridized carbons (Fsp3) is 0.385. The molecule has 2 aromatic carbocycles. The lowest BCUT2D eigenvalue weighted by atomic mass is 10.1. The first-order valence-corrected chi connectivity index (χ1v) is 12.4. The number of likely N-dealkylation sites (N-methyl/N-ethyl adjacent to an activating group) is 1. The Balaban J connectivity index is 0.00000253. The zero-order valence-electron chi connectivity index (χ0n) is 21.6. The van der Waals surface area contributed by atoms with Crippen molar-refractivity contribution in [2.75, 3.05) is 65.9 Å². The Kier molecular flexibility index (Phi) is 11.7. The van der Waals surface area contributed by atoms with Crippen molar-refractivity contribution >= 4 is 45.5 Å². The van der Waals surface area contributed by atoms with Crippen molar-refractivity contribution in [3.05, 3.63) is 46.1 Å². The highest BCUT2D eigenvalue weighted by Crippen LogP contribution is 2.40. The second kappa shape index (κ2) is 14.2. The molecular formula is C26H33Cl2N5O5. The monoisotopic (exact) mass is 565 g/mol. The van der Waals surface area contributed by atoms with Crippen LogP contribution in [0.2, 0.25) is 10.0 Å². The molecule has 0 unspecified atom stereocenters. The lowest BCUT2D eigenvalue weighted by Crippen LogP contribution is -2.44. The molecule has 2 heterocycles. The van der Waals surface area contributed by atoms with E-state index in [2.05, 4.69) is 33.2 Å². The third-order valence-electron chi connectivity index (χ3n) is 6.25. The summed E-state index contributed by atoms with van der Waals surface area (Å²) in [6.45, 7) is 5.92. The van der Waals surface area contributed by atoms with Crippen LogP contribution < -0.4 is 19.5 Å². The number of hydrogen-bond acceptors (Lipinski definition) is 8. The van der Waals surface area contributed by atoms with Crippen molar-refractivity contribution in [2.45, 2.75) is 6.42 Å². The van der Waals surface area contributed by atoms with Crippen LogP contribution in [0.5, 0.6) is 17.2 Å². The van der Waals surface area contributed by atoms with Crippen LogP contribution in [0.25, 0.3) is 10.9 Å². The van der Waals surface area contributed by atoms with Gasteiger partial charge in [-0.1, -0.05) is 23.2 Å². The molecule has 0 amide bonds. The smallest absolute Gasteiger partial charge is 0.163 e. The van der Waals surface area contributed by atoms with E-state index in [1.165, 1.54) is 13.3 Å². The standard InChI is InChI=1S/C26H29Cl2N5O3.2H2O/c1-32-6-8-33(9-7-32)5-4-10-36-25-13-21-18(11-24(25)35-3)26(17(15-29)16-30-21)31-22-14-23(34-2)20(28)12-19(22)27;;/h11-14,16H,4-10H2,1-3H3,(H,30,31);2*1H2. The van der Waals surface area contributed by atoms with E-state index in [0.717, 1.165) is 39.1 Å². The van der Waals surface area contributed by atoms with Crippen molar-refractivity contribution in [3.8, 4) is 23.3 Å². The van der Waals surface area contributed by atoms with E-state index in [4.69, 9.17) is 37.4 Å². The van der Waals surface area contributed by atoms with E-state index in [1.54, 1.807) is 19.2 Å². The summed E-state index contributed by atoms with van der Waals surface area (Å²) in [5, 5.41) is 14.5. The molecule has 0 saturated carbocycles. The topological polar surface area (TPSA) is 146 Å². The van der Waals surface area contributed by atoms with Gasteiger partial charge >= 0.3 is 0 Å². The molecule has 1 aliphatic rings. The first-order chi connectivity index (χ1) is 17.4. The van der Waals surface area contributed by atoms with E-state index in [0.29, 0.717) is 61.7 Å². The summed E-state index contributed by atoms with van der Waals surface area (Å²) in [5.41, 5.74) is 2.11. The van der Waals surface area contributed by atoms with Gasteiger partial charge in [-0.15, -0.1) is 0 Å². The number of benzene rings is 2. The van der Waals surface area contributed by atoms with Crippen LogP contribution in [0.1, 0.15) is 12.0 Å². The van der Waals surface area contributed by atoms with Gasteiger partial charge < -0.3 is 40.3 Å². The Morgan fingerprint density at radius 2 is 1.68 bits per heavy atom. The minimum absolute atomic E-state index is 0. The van der Waals surface area contributed by atoms with Gasteiger partial charge in [0.05, 0.1) is 53.3 Å². The maximum atomic E-state index is 9.75. The Morgan fingerprint density at radius 1 is 0.974 bits per heavy atom. The zero-order valence-corrected chi connectivity index (χ0v) is 23.1. The third kappa shape index (κ3) is 7.08. The van der Waals surface area contributed by atoms with E-state index in [-0.39, 0.29) is 11.0 Å². The zero-order chi connectivity index (χ0) is 25.7. The molecule has 1 aromatic heterocycles. The number of aromatic nitrogens is 1. The van der Waals surface area contributed by atoms with Crippen molar-refractivity contribution in [1.29, 1.82) is 5.26 Å². The molecular weight excluding hydrogens is 533 g/mol. The van der Waals surface area contributed by atoms with Gasteiger partial charge in [0.25, 0.3) is 0 Å². The predicted octanol–water partition coefficient (Wildman–Crippen LogP) is 3.54. The summed E-state index contributed by atoms with van der Waals surface area (Å²) < 4.78 is 17.0. The Labute approximate surface area is 232 Å². The van der Waals surface area contributed by atoms with Gasteiger partial charge in [-0.25, -0.2) is 0 Å². The summed E-state index contributed by atoms with van der Waals surface area (Å²) in [5.74, 6) is 1.63. The number of halogens is 2.